The van der Waals surface area contributed by atoms with E-state index in [1.54, 1.807) is 14.0 Å². The SMILES string of the molecule is C=CCc1cccc(OC)c1.CCCC.CCCC(C)=O.CCCC(C)C. The van der Waals surface area contributed by atoms with Crippen molar-refractivity contribution in [1.82, 2.24) is 0 Å². The van der Waals surface area contributed by atoms with Gasteiger partial charge in [0.25, 0.3) is 0 Å². The van der Waals surface area contributed by atoms with Crippen molar-refractivity contribution in [2.45, 2.75) is 93.4 Å². The first-order valence-electron chi connectivity index (χ1n) is 10.6. The van der Waals surface area contributed by atoms with Crippen LogP contribution in [0.5, 0.6) is 5.75 Å². The number of hydrogen-bond donors (Lipinski definition) is 0. The van der Waals surface area contributed by atoms with E-state index < -0.39 is 0 Å². The van der Waals surface area contributed by atoms with E-state index in [9.17, 15) is 4.79 Å². The van der Waals surface area contributed by atoms with Crippen molar-refractivity contribution in [2.24, 2.45) is 5.92 Å². The van der Waals surface area contributed by atoms with Crippen LogP contribution >= 0.6 is 0 Å². The first kappa shape index (κ1) is 30.2. The van der Waals surface area contributed by atoms with Gasteiger partial charge in [-0.2, -0.15) is 0 Å². The summed E-state index contributed by atoms with van der Waals surface area (Å²) in [4.78, 5) is 10.0. The quantitative estimate of drug-likeness (QED) is 0.428. The summed E-state index contributed by atoms with van der Waals surface area (Å²) in [6, 6.07) is 8.00. The van der Waals surface area contributed by atoms with Crippen LogP contribution in [-0.4, -0.2) is 12.9 Å². The molecule has 0 saturated carbocycles. The summed E-state index contributed by atoms with van der Waals surface area (Å²) in [5.74, 6) is 2.09. The standard InChI is InChI=1S/C10H12O.C6H14.C5H10O.C4H10/c1-3-5-9-6-4-7-10(8-9)11-2;1-4-5-6(2)3;1-3-4-5(2)6;1-3-4-2/h3-4,6-8H,1,5H2,2H3;6H,4-5H2,1-3H3;3-4H2,1-2H3;3-4H2,1-2H3. The van der Waals surface area contributed by atoms with E-state index in [-0.39, 0.29) is 5.78 Å². The first-order chi connectivity index (χ1) is 12.8. The topological polar surface area (TPSA) is 26.3 Å². The Morgan fingerprint density at radius 2 is 1.67 bits per heavy atom. The summed E-state index contributed by atoms with van der Waals surface area (Å²) in [7, 11) is 1.67. The van der Waals surface area contributed by atoms with Crippen LogP contribution in [0.1, 0.15) is 92.6 Å². The van der Waals surface area contributed by atoms with Crippen LogP contribution in [0.4, 0.5) is 0 Å². The lowest BCUT2D eigenvalue weighted by atomic mass is 10.1. The van der Waals surface area contributed by atoms with Crippen molar-refractivity contribution in [3.63, 3.8) is 0 Å². The van der Waals surface area contributed by atoms with E-state index in [0.717, 1.165) is 30.9 Å². The molecule has 0 aliphatic heterocycles. The normalized spacial score (nSPS) is 8.93. The maximum absolute atomic E-state index is 10.0. The Bertz CT molecular complexity index is 434. The minimum atomic E-state index is 0.289. The van der Waals surface area contributed by atoms with Gasteiger partial charge in [-0.15, -0.1) is 6.58 Å². The number of carbonyl (C=O) groups excluding carboxylic acids is 1. The van der Waals surface area contributed by atoms with Crippen LogP contribution in [0.3, 0.4) is 0 Å². The Balaban J connectivity index is -0.000000311. The number of unbranched alkanes of at least 4 members (excludes halogenated alkanes) is 1. The zero-order chi connectivity index (χ0) is 21.5. The van der Waals surface area contributed by atoms with Crippen LogP contribution < -0.4 is 4.74 Å². The second-order valence-corrected chi connectivity index (χ2v) is 6.98. The lowest BCUT2D eigenvalue weighted by Crippen LogP contribution is -1.84. The fourth-order valence-corrected chi connectivity index (χ4v) is 1.90. The predicted molar refractivity (Wildman–Crippen MR) is 123 cm³/mol. The van der Waals surface area contributed by atoms with E-state index in [4.69, 9.17) is 4.74 Å². The molecule has 2 heteroatoms. The Morgan fingerprint density at radius 1 is 1.07 bits per heavy atom. The minimum Gasteiger partial charge on any atom is -0.497 e. The highest BCUT2D eigenvalue weighted by atomic mass is 16.5. The van der Waals surface area contributed by atoms with Crippen molar-refractivity contribution in [3.05, 3.63) is 42.5 Å². The molecular weight excluding hydrogens is 332 g/mol. The molecule has 2 nitrogen and oxygen atoms in total. The van der Waals surface area contributed by atoms with Gasteiger partial charge in [0.05, 0.1) is 7.11 Å². The van der Waals surface area contributed by atoms with Gasteiger partial charge in [0, 0.05) is 6.42 Å². The molecule has 0 radical (unpaired) electrons. The molecule has 0 saturated heterocycles. The van der Waals surface area contributed by atoms with Crippen LogP contribution in [0, 0.1) is 5.92 Å². The summed E-state index contributed by atoms with van der Waals surface area (Å²) in [6.07, 6.45) is 9.85. The molecule has 0 aliphatic rings. The molecule has 158 valence electrons. The number of ketones is 1. The summed E-state index contributed by atoms with van der Waals surface area (Å²) >= 11 is 0. The molecule has 0 atom stereocenters. The molecule has 1 aromatic carbocycles. The molecule has 0 spiro atoms. The van der Waals surface area contributed by atoms with Gasteiger partial charge in [0.15, 0.2) is 0 Å². The summed E-state index contributed by atoms with van der Waals surface area (Å²) in [5.41, 5.74) is 1.24. The molecule has 0 bridgehead atoms. The van der Waals surface area contributed by atoms with Gasteiger partial charge in [-0.05, 0) is 43.4 Å². The van der Waals surface area contributed by atoms with E-state index in [0.29, 0.717) is 0 Å². The zero-order valence-electron chi connectivity index (χ0n) is 19.4. The van der Waals surface area contributed by atoms with Crippen molar-refractivity contribution in [2.75, 3.05) is 7.11 Å². The minimum absolute atomic E-state index is 0.289. The molecule has 1 aromatic rings. The molecule has 27 heavy (non-hydrogen) atoms. The summed E-state index contributed by atoms with van der Waals surface area (Å²) in [5, 5.41) is 0. The van der Waals surface area contributed by atoms with Gasteiger partial charge in [-0.25, -0.2) is 0 Å². The number of benzene rings is 1. The van der Waals surface area contributed by atoms with E-state index >= 15 is 0 Å². The van der Waals surface area contributed by atoms with Gasteiger partial charge in [-0.3, -0.25) is 0 Å². The highest BCUT2D eigenvalue weighted by Gasteiger charge is 1.91. The smallest absolute Gasteiger partial charge is 0.129 e. The molecular formula is C25H46O2. The molecule has 0 N–H and O–H groups in total. The van der Waals surface area contributed by atoms with Crippen molar-refractivity contribution in [3.8, 4) is 5.75 Å². The third kappa shape index (κ3) is 29.4. The maximum atomic E-state index is 10.0. The number of hydrogen-bond acceptors (Lipinski definition) is 2. The van der Waals surface area contributed by atoms with Crippen LogP contribution in [0.15, 0.2) is 36.9 Å². The number of methoxy groups -OCH3 is 1. The molecule has 0 unspecified atom stereocenters. The lowest BCUT2D eigenvalue weighted by Gasteiger charge is -2.00. The largest absolute Gasteiger partial charge is 0.497 e. The monoisotopic (exact) mass is 378 g/mol. The van der Waals surface area contributed by atoms with Crippen molar-refractivity contribution in [1.29, 1.82) is 0 Å². The second kappa shape index (κ2) is 24.4. The number of carbonyl (C=O) groups is 1. The van der Waals surface area contributed by atoms with Crippen LogP contribution in [0.2, 0.25) is 0 Å². The lowest BCUT2D eigenvalue weighted by molar-refractivity contribution is -0.117. The summed E-state index contributed by atoms with van der Waals surface area (Å²) in [6.45, 7) is 18.4. The Kier molecular flexibility index (Phi) is 27.3. The fraction of sp³-hybridized carbons (Fsp3) is 0.640. The highest BCUT2D eigenvalue weighted by Crippen LogP contribution is 2.12. The van der Waals surface area contributed by atoms with Gasteiger partial charge in [-0.1, -0.05) is 85.4 Å². The Morgan fingerprint density at radius 3 is 1.93 bits per heavy atom. The fourth-order valence-electron chi connectivity index (χ4n) is 1.90. The van der Waals surface area contributed by atoms with Crippen molar-refractivity contribution < 1.29 is 9.53 Å². The molecule has 1 rings (SSSR count). The average Bonchev–Trinajstić information content (AvgIpc) is 2.63. The molecule has 0 fully saturated rings. The number of rotatable bonds is 8. The highest BCUT2D eigenvalue weighted by molar-refractivity contribution is 5.75. The molecule has 0 aromatic heterocycles. The third-order valence-electron chi connectivity index (χ3n) is 3.48. The van der Waals surface area contributed by atoms with Gasteiger partial charge in [0.2, 0.25) is 0 Å². The number of Topliss-reactive ketones (excluding diaryl/α,β-unsaturated/α-hetero) is 1. The predicted octanol–water partition coefficient (Wildman–Crippen LogP) is 8.05. The van der Waals surface area contributed by atoms with Gasteiger partial charge >= 0.3 is 0 Å². The molecule has 0 amide bonds. The first-order valence-corrected chi connectivity index (χ1v) is 10.6. The number of allylic oxidation sites excluding steroid dienone is 1. The van der Waals surface area contributed by atoms with E-state index in [1.165, 1.54) is 31.2 Å². The van der Waals surface area contributed by atoms with Gasteiger partial charge in [0.1, 0.15) is 11.5 Å². The number of ether oxygens (including phenoxy) is 1. The second-order valence-electron chi connectivity index (χ2n) is 6.98. The maximum Gasteiger partial charge on any atom is 0.129 e. The summed E-state index contributed by atoms with van der Waals surface area (Å²) < 4.78 is 5.07. The van der Waals surface area contributed by atoms with Gasteiger partial charge < -0.3 is 9.53 Å². The van der Waals surface area contributed by atoms with E-state index in [1.807, 2.05) is 31.2 Å². The Labute approximate surface area is 170 Å². The zero-order valence-corrected chi connectivity index (χ0v) is 19.4. The molecule has 0 heterocycles. The Hall–Kier alpha value is -1.57. The average molecular weight is 379 g/mol. The molecule has 0 aliphatic carbocycles. The van der Waals surface area contributed by atoms with Crippen molar-refractivity contribution >= 4 is 5.78 Å². The third-order valence-corrected chi connectivity index (χ3v) is 3.48. The van der Waals surface area contributed by atoms with E-state index in [2.05, 4.69) is 47.3 Å². The van der Waals surface area contributed by atoms with Crippen LogP contribution in [0.25, 0.3) is 0 Å². The van der Waals surface area contributed by atoms with Crippen LogP contribution in [-0.2, 0) is 11.2 Å².